The Kier molecular flexibility index (Phi) is 4.60. The van der Waals surface area contributed by atoms with Crippen molar-refractivity contribution in [3.05, 3.63) is 112 Å². The van der Waals surface area contributed by atoms with Gasteiger partial charge in [0, 0.05) is 28.8 Å². The van der Waals surface area contributed by atoms with E-state index in [9.17, 15) is 15.2 Å². The molecule has 0 radical (unpaired) electrons. The van der Waals surface area contributed by atoms with Gasteiger partial charge in [-0.2, -0.15) is 0 Å². The first-order valence-electron chi connectivity index (χ1n) is 7.71. The van der Waals surface area contributed by atoms with Crippen LogP contribution in [0, 0.1) is 22.0 Å². The maximum absolute atomic E-state index is 11.3. The molecule has 0 bridgehead atoms. The van der Waals surface area contributed by atoms with Gasteiger partial charge in [0.2, 0.25) is 0 Å². The SMILES string of the molecule is O=[N+]([O-])c1cccc(C#CC(O)(c2ccccc2)c2ccccc2)c1. The third-order valence-corrected chi connectivity index (χ3v) is 3.83. The molecule has 3 aromatic rings. The molecule has 1 N–H and O–H groups in total. The van der Waals surface area contributed by atoms with Gasteiger partial charge >= 0.3 is 0 Å². The van der Waals surface area contributed by atoms with Crippen LogP contribution in [0.4, 0.5) is 5.69 Å². The molecule has 4 heteroatoms. The van der Waals surface area contributed by atoms with E-state index < -0.39 is 10.5 Å². The number of hydrogen-bond acceptors (Lipinski definition) is 3. The molecule has 0 heterocycles. The molecule has 0 aliphatic rings. The van der Waals surface area contributed by atoms with Gasteiger partial charge in [-0.05, 0) is 6.07 Å². The van der Waals surface area contributed by atoms with Crippen molar-refractivity contribution >= 4 is 5.69 Å². The minimum atomic E-state index is -1.51. The fourth-order valence-corrected chi connectivity index (χ4v) is 2.53. The lowest BCUT2D eigenvalue weighted by molar-refractivity contribution is -0.384. The van der Waals surface area contributed by atoms with Gasteiger partial charge in [-0.25, -0.2) is 0 Å². The molecule has 0 unspecified atom stereocenters. The second-order valence-corrected chi connectivity index (χ2v) is 5.50. The molecule has 0 atom stereocenters. The Balaban J connectivity index is 2.09. The smallest absolute Gasteiger partial charge is 0.270 e. The number of nitro groups is 1. The van der Waals surface area contributed by atoms with Gasteiger partial charge in [-0.1, -0.05) is 78.6 Å². The molecule has 0 aliphatic carbocycles. The number of rotatable bonds is 3. The molecule has 0 fully saturated rings. The molecular weight excluding hydrogens is 314 g/mol. The van der Waals surface area contributed by atoms with Crippen LogP contribution >= 0.6 is 0 Å². The molecule has 0 aliphatic heterocycles. The molecule has 0 aromatic heterocycles. The standard InChI is InChI=1S/C21H15NO3/c23-21(18-9-3-1-4-10-18,19-11-5-2-6-12-19)15-14-17-8-7-13-20(16-17)22(24)25/h1-13,16,23H. The number of nitrogens with zero attached hydrogens (tertiary/aromatic N) is 1. The van der Waals surface area contributed by atoms with E-state index in [0.29, 0.717) is 16.7 Å². The average Bonchev–Trinajstić information content (AvgIpc) is 2.67. The maximum atomic E-state index is 11.3. The quantitative estimate of drug-likeness (QED) is 0.450. The second kappa shape index (κ2) is 7.00. The molecule has 0 amide bonds. The molecule has 25 heavy (non-hydrogen) atoms. The second-order valence-electron chi connectivity index (χ2n) is 5.50. The Hall–Kier alpha value is -3.42. The van der Waals surface area contributed by atoms with Gasteiger partial charge in [0.05, 0.1) is 4.92 Å². The van der Waals surface area contributed by atoms with Gasteiger partial charge in [0.25, 0.3) is 5.69 Å². The van der Waals surface area contributed by atoms with Gasteiger partial charge in [-0.15, -0.1) is 0 Å². The number of benzene rings is 3. The first kappa shape index (κ1) is 16.4. The van der Waals surface area contributed by atoms with Gasteiger partial charge in [-0.3, -0.25) is 10.1 Å². The van der Waals surface area contributed by atoms with Crippen molar-refractivity contribution in [1.29, 1.82) is 0 Å². The summed E-state index contributed by atoms with van der Waals surface area (Å²) >= 11 is 0. The summed E-state index contributed by atoms with van der Waals surface area (Å²) in [5, 5.41) is 22.2. The van der Waals surface area contributed by atoms with Crippen LogP contribution < -0.4 is 0 Å². The van der Waals surface area contributed by atoms with Gasteiger partial charge < -0.3 is 5.11 Å². The molecule has 0 spiro atoms. The summed E-state index contributed by atoms with van der Waals surface area (Å²) in [6.45, 7) is 0. The van der Waals surface area contributed by atoms with Gasteiger partial charge in [0.15, 0.2) is 5.60 Å². The maximum Gasteiger partial charge on any atom is 0.270 e. The van der Waals surface area contributed by atoms with Crippen molar-refractivity contribution in [2.75, 3.05) is 0 Å². The molecule has 3 rings (SSSR count). The van der Waals surface area contributed by atoms with E-state index in [1.165, 1.54) is 12.1 Å². The van der Waals surface area contributed by atoms with Crippen molar-refractivity contribution in [2.45, 2.75) is 5.60 Å². The van der Waals surface area contributed by atoms with Crippen molar-refractivity contribution in [1.82, 2.24) is 0 Å². The Morgan fingerprint density at radius 1 is 0.840 bits per heavy atom. The monoisotopic (exact) mass is 329 g/mol. The summed E-state index contributed by atoms with van der Waals surface area (Å²) in [4.78, 5) is 10.4. The highest BCUT2D eigenvalue weighted by atomic mass is 16.6. The lowest BCUT2D eigenvalue weighted by Crippen LogP contribution is -2.25. The zero-order valence-electron chi connectivity index (χ0n) is 13.3. The minimum Gasteiger partial charge on any atom is -0.369 e. The summed E-state index contributed by atoms with van der Waals surface area (Å²) in [5.74, 6) is 5.77. The van der Waals surface area contributed by atoms with E-state index in [-0.39, 0.29) is 5.69 Å². The summed E-state index contributed by atoms with van der Waals surface area (Å²) in [7, 11) is 0. The molecule has 0 saturated heterocycles. The Labute approximate surface area is 145 Å². The van der Waals surface area contributed by atoms with Crippen LogP contribution in [0.5, 0.6) is 0 Å². The van der Waals surface area contributed by atoms with E-state index in [0.717, 1.165) is 0 Å². The van der Waals surface area contributed by atoms with E-state index >= 15 is 0 Å². The topological polar surface area (TPSA) is 63.4 Å². The molecule has 4 nitrogen and oxygen atoms in total. The van der Waals surface area contributed by atoms with Crippen LogP contribution in [0.2, 0.25) is 0 Å². The van der Waals surface area contributed by atoms with Crippen LogP contribution in [0.25, 0.3) is 0 Å². The first-order valence-corrected chi connectivity index (χ1v) is 7.71. The summed E-state index contributed by atoms with van der Waals surface area (Å²) in [6, 6.07) is 24.3. The fraction of sp³-hybridized carbons (Fsp3) is 0.0476. The van der Waals surface area contributed by atoms with Crippen LogP contribution in [0.3, 0.4) is 0 Å². The van der Waals surface area contributed by atoms with Gasteiger partial charge in [0.1, 0.15) is 0 Å². The number of non-ortho nitro benzene ring substituents is 1. The molecule has 0 saturated carbocycles. The third-order valence-electron chi connectivity index (χ3n) is 3.83. The fourth-order valence-electron chi connectivity index (χ4n) is 2.53. The van der Waals surface area contributed by atoms with E-state index in [1.54, 1.807) is 36.4 Å². The Morgan fingerprint density at radius 2 is 1.40 bits per heavy atom. The predicted molar refractivity (Wildman–Crippen MR) is 95.9 cm³/mol. The largest absolute Gasteiger partial charge is 0.369 e. The van der Waals surface area contributed by atoms with Crippen molar-refractivity contribution in [3.63, 3.8) is 0 Å². The van der Waals surface area contributed by atoms with E-state index in [4.69, 9.17) is 0 Å². The molecular formula is C21H15NO3. The zero-order valence-corrected chi connectivity index (χ0v) is 13.3. The van der Waals surface area contributed by atoms with Crippen LogP contribution in [0.15, 0.2) is 84.9 Å². The summed E-state index contributed by atoms with van der Waals surface area (Å²) < 4.78 is 0. The predicted octanol–water partition coefficient (Wildman–Crippen LogP) is 3.88. The normalized spacial score (nSPS) is 10.6. The molecule has 122 valence electrons. The average molecular weight is 329 g/mol. The number of hydrogen-bond donors (Lipinski definition) is 1. The Bertz CT molecular complexity index is 901. The molecule has 3 aromatic carbocycles. The van der Waals surface area contributed by atoms with Crippen LogP contribution in [0.1, 0.15) is 16.7 Å². The van der Waals surface area contributed by atoms with Crippen molar-refractivity contribution in [3.8, 4) is 11.8 Å². The lowest BCUT2D eigenvalue weighted by atomic mass is 9.86. The minimum absolute atomic E-state index is 0.0326. The van der Waals surface area contributed by atoms with E-state index in [2.05, 4.69) is 11.8 Å². The lowest BCUT2D eigenvalue weighted by Gasteiger charge is -2.23. The van der Waals surface area contributed by atoms with Crippen molar-refractivity contribution in [2.24, 2.45) is 0 Å². The highest BCUT2D eigenvalue weighted by Gasteiger charge is 2.29. The zero-order chi connectivity index (χ0) is 17.7. The highest BCUT2D eigenvalue weighted by Crippen LogP contribution is 2.29. The van der Waals surface area contributed by atoms with Crippen molar-refractivity contribution < 1.29 is 10.0 Å². The third kappa shape index (κ3) is 3.57. The summed E-state index contributed by atoms with van der Waals surface area (Å²) in [5.41, 5.74) is 0.208. The van der Waals surface area contributed by atoms with Crippen LogP contribution in [-0.4, -0.2) is 10.0 Å². The van der Waals surface area contributed by atoms with E-state index in [1.807, 2.05) is 36.4 Å². The number of nitro benzene ring substituents is 1. The summed E-state index contributed by atoms with van der Waals surface area (Å²) in [6.07, 6.45) is 0. The Morgan fingerprint density at radius 3 is 1.92 bits per heavy atom. The van der Waals surface area contributed by atoms with Crippen LogP contribution in [-0.2, 0) is 5.60 Å². The highest BCUT2D eigenvalue weighted by molar-refractivity contribution is 5.49. The number of aliphatic hydroxyl groups is 1. The first-order chi connectivity index (χ1) is 12.1.